The average molecular weight is 507 g/mol. The van der Waals surface area contributed by atoms with Gasteiger partial charge >= 0.3 is 0 Å². The number of carbonyl (C=O) groups excluding carboxylic acids is 1. The van der Waals surface area contributed by atoms with Crippen molar-refractivity contribution in [1.29, 1.82) is 0 Å². The van der Waals surface area contributed by atoms with Crippen molar-refractivity contribution < 1.29 is 13.2 Å². The van der Waals surface area contributed by atoms with Crippen molar-refractivity contribution in [2.45, 2.75) is 56.0 Å². The predicted octanol–water partition coefficient (Wildman–Crippen LogP) is 3.17. The molecular weight excluding hydrogens is 476 g/mol. The molecule has 2 aromatic heterocycles. The van der Waals surface area contributed by atoms with E-state index in [0.29, 0.717) is 17.0 Å². The molecule has 0 unspecified atom stereocenters. The molecule has 0 atom stereocenters. The lowest BCUT2D eigenvalue weighted by molar-refractivity contribution is 0.0629. The highest BCUT2D eigenvalue weighted by molar-refractivity contribution is 7.90. The first-order valence-corrected chi connectivity index (χ1v) is 14.2. The lowest BCUT2D eigenvalue weighted by Crippen LogP contribution is -2.48. The summed E-state index contributed by atoms with van der Waals surface area (Å²) in [5.41, 5.74) is 2.29. The van der Waals surface area contributed by atoms with Crippen LogP contribution in [0.5, 0.6) is 0 Å². The van der Waals surface area contributed by atoms with Crippen molar-refractivity contribution in [1.82, 2.24) is 24.8 Å². The lowest BCUT2D eigenvalue weighted by atomic mass is 10.0. The number of anilines is 1. The Balaban J connectivity index is 1.26. The number of aryl methyl sites for hydroxylation is 1. The number of amides is 1. The van der Waals surface area contributed by atoms with Gasteiger partial charge in [-0.15, -0.1) is 0 Å². The summed E-state index contributed by atoms with van der Waals surface area (Å²) in [5, 5.41) is 0. The molecule has 1 aromatic carbocycles. The third-order valence-corrected chi connectivity index (χ3v) is 7.98. The van der Waals surface area contributed by atoms with E-state index >= 15 is 0 Å². The van der Waals surface area contributed by atoms with Gasteiger partial charge in [0.2, 0.25) is 5.95 Å². The second-order valence-electron chi connectivity index (χ2n) is 9.50. The van der Waals surface area contributed by atoms with E-state index in [9.17, 15) is 13.2 Å². The molecule has 1 amide bonds. The molecule has 188 valence electrons. The molecule has 1 aliphatic carbocycles. The average Bonchev–Trinajstić information content (AvgIpc) is 3.74. The lowest BCUT2D eigenvalue weighted by Gasteiger charge is -2.38. The third kappa shape index (κ3) is 5.23. The molecular formula is C26H30N6O3S. The van der Waals surface area contributed by atoms with Crippen molar-refractivity contribution in [3.05, 3.63) is 60.2 Å². The summed E-state index contributed by atoms with van der Waals surface area (Å²) >= 11 is 0. The number of nitrogens with zero attached hydrogens (tertiary/aromatic N) is 6. The van der Waals surface area contributed by atoms with Crippen LogP contribution in [0.3, 0.4) is 0 Å². The second kappa shape index (κ2) is 9.93. The van der Waals surface area contributed by atoms with Crippen LogP contribution in [0.4, 0.5) is 5.95 Å². The van der Waals surface area contributed by atoms with Crippen LogP contribution < -0.4 is 4.90 Å². The summed E-state index contributed by atoms with van der Waals surface area (Å²) in [6, 6.07) is 6.87. The number of piperidine rings is 1. The van der Waals surface area contributed by atoms with E-state index < -0.39 is 9.84 Å². The summed E-state index contributed by atoms with van der Waals surface area (Å²) in [5.74, 6) is 1.17. The highest BCUT2D eigenvalue weighted by atomic mass is 32.2. The molecule has 0 spiro atoms. The SMILES string of the molecule is CCc1cnc(N2CCC(N(C(=O)c3cnc(-c4ccc(S(C)(=O)=O)cc4)nc3)C3CC3)CC2)nc1. The molecule has 1 saturated heterocycles. The molecule has 3 heterocycles. The van der Waals surface area contributed by atoms with E-state index in [1.54, 1.807) is 24.5 Å². The first kappa shape index (κ1) is 24.3. The Morgan fingerprint density at radius 2 is 1.50 bits per heavy atom. The Morgan fingerprint density at radius 1 is 0.917 bits per heavy atom. The van der Waals surface area contributed by atoms with Crippen LogP contribution >= 0.6 is 0 Å². The van der Waals surface area contributed by atoms with Crippen LogP contribution in [0.15, 0.2) is 53.9 Å². The number of carbonyl (C=O) groups is 1. The van der Waals surface area contributed by atoms with Gasteiger partial charge in [0.05, 0.1) is 10.5 Å². The number of aromatic nitrogens is 4. The van der Waals surface area contributed by atoms with Gasteiger partial charge in [-0.05, 0) is 61.9 Å². The Labute approximate surface area is 211 Å². The van der Waals surface area contributed by atoms with E-state index in [1.807, 2.05) is 17.3 Å². The molecule has 1 saturated carbocycles. The highest BCUT2D eigenvalue weighted by Gasteiger charge is 2.39. The Morgan fingerprint density at radius 3 is 2.03 bits per heavy atom. The fourth-order valence-corrected chi connectivity index (χ4v) is 5.24. The van der Waals surface area contributed by atoms with Gasteiger partial charge in [0.25, 0.3) is 5.91 Å². The van der Waals surface area contributed by atoms with Crippen molar-refractivity contribution in [3.8, 4) is 11.4 Å². The molecule has 1 aliphatic heterocycles. The van der Waals surface area contributed by atoms with Crippen molar-refractivity contribution >= 4 is 21.7 Å². The van der Waals surface area contributed by atoms with Gasteiger partial charge in [-0.25, -0.2) is 28.4 Å². The van der Waals surface area contributed by atoms with Crippen molar-refractivity contribution in [2.75, 3.05) is 24.2 Å². The molecule has 3 aromatic rings. The van der Waals surface area contributed by atoms with Gasteiger partial charge in [0, 0.05) is 61.8 Å². The molecule has 0 N–H and O–H groups in total. The first-order valence-electron chi connectivity index (χ1n) is 12.3. The zero-order chi connectivity index (χ0) is 25.3. The van der Waals surface area contributed by atoms with Crippen LogP contribution in [0.2, 0.25) is 0 Å². The van der Waals surface area contributed by atoms with Crippen LogP contribution in [-0.2, 0) is 16.3 Å². The molecule has 5 rings (SSSR count). The van der Waals surface area contributed by atoms with Crippen LogP contribution in [0.25, 0.3) is 11.4 Å². The summed E-state index contributed by atoms with van der Waals surface area (Å²) in [6.45, 7) is 3.71. The topological polar surface area (TPSA) is 109 Å². The Bertz CT molecular complexity index is 1320. The van der Waals surface area contributed by atoms with Gasteiger partial charge in [0.15, 0.2) is 15.7 Å². The normalized spacial score (nSPS) is 16.7. The zero-order valence-electron chi connectivity index (χ0n) is 20.5. The fraction of sp³-hybridized carbons (Fsp3) is 0.423. The fourth-order valence-electron chi connectivity index (χ4n) is 4.61. The molecule has 2 aliphatic rings. The van der Waals surface area contributed by atoms with Gasteiger partial charge in [-0.2, -0.15) is 0 Å². The van der Waals surface area contributed by atoms with Crippen molar-refractivity contribution in [2.24, 2.45) is 0 Å². The standard InChI is InChI=1S/C26H30N6O3S/c1-3-18-14-29-26(30-15-18)31-12-10-22(11-13-31)32(21-6-7-21)25(33)20-16-27-24(28-17-20)19-4-8-23(9-5-19)36(2,34)35/h4-5,8-9,14-17,21-22H,3,6-7,10-13H2,1-2H3. The molecule has 0 bridgehead atoms. The third-order valence-electron chi connectivity index (χ3n) is 6.85. The Kier molecular flexibility index (Phi) is 6.70. The minimum atomic E-state index is -3.27. The van der Waals surface area contributed by atoms with Gasteiger partial charge in [-0.3, -0.25) is 4.79 Å². The highest BCUT2D eigenvalue weighted by Crippen LogP contribution is 2.33. The van der Waals surface area contributed by atoms with Gasteiger partial charge in [-0.1, -0.05) is 6.92 Å². The van der Waals surface area contributed by atoms with Crippen LogP contribution in [-0.4, -0.2) is 70.6 Å². The first-order chi connectivity index (χ1) is 17.3. The largest absolute Gasteiger partial charge is 0.341 e. The van der Waals surface area contributed by atoms with Gasteiger partial charge < -0.3 is 9.80 Å². The number of hydrogen-bond acceptors (Lipinski definition) is 8. The maximum atomic E-state index is 13.5. The van der Waals surface area contributed by atoms with Crippen LogP contribution in [0.1, 0.15) is 48.5 Å². The predicted molar refractivity (Wildman–Crippen MR) is 136 cm³/mol. The quantitative estimate of drug-likeness (QED) is 0.481. The van der Waals surface area contributed by atoms with E-state index in [4.69, 9.17) is 0 Å². The maximum absolute atomic E-state index is 13.5. The van der Waals surface area contributed by atoms with E-state index in [0.717, 1.165) is 56.7 Å². The number of sulfone groups is 1. The van der Waals surface area contributed by atoms with Gasteiger partial charge in [0.1, 0.15) is 0 Å². The number of rotatable bonds is 7. The minimum absolute atomic E-state index is 0.0292. The maximum Gasteiger partial charge on any atom is 0.257 e. The van der Waals surface area contributed by atoms with E-state index in [-0.39, 0.29) is 22.9 Å². The summed E-state index contributed by atoms with van der Waals surface area (Å²) in [4.78, 5) is 35.8. The molecule has 9 nitrogen and oxygen atoms in total. The number of benzene rings is 1. The summed E-state index contributed by atoms with van der Waals surface area (Å²) in [7, 11) is -3.27. The minimum Gasteiger partial charge on any atom is -0.341 e. The zero-order valence-corrected chi connectivity index (χ0v) is 21.4. The number of hydrogen-bond donors (Lipinski definition) is 0. The molecule has 0 radical (unpaired) electrons. The van der Waals surface area contributed by atoms with E-state index in [2.05, 4.69) is 31.8 Å². The second-order valence-corrected chi connectivity index (χ2v) is 11.5. The van der Waals surface area contributed by atoms with Crippen molar-refractivity contribution in [3.63, 3.8) is 0 Å². The monoisotopic (exact) mass is 506 g/mol. The summed E-state index contributed by atoms with van der Waals surface area (Å²) < 4.78 is 23.4. The van der Waals surface area contributed by atoms with E-state index in [1.165, 1.54) is 18.4 Å². The smallest absolute Gasteiger partial charge is 0.257 e. The molecule has 36 heavy (non-hydrogen) atoms. The molecule has 10 heteroatoms. The summed E-state index contributed by atoms with van der Waals surface area (Å²) in [6.07, 6.45) is 12.8. The van der Waals surface area contributed by atoms with Crippen LogP contribution in [0, 0.1) is 0 Å². The molecule has 2 fully saturated rings. The Hall–Kier alpha value is -3.40.